The molecule has 1 fully saturated rings. The summed E-state index contributed by atoms with van der Waals surface area (Å²) in [5.74, 6) is -1.27. The van der Waals surface area contributed by atoms with E-state index in [1.165, 1.54) is 0 Å². The predicted molar refractivity (Wildman–Crippen MR) is 58.6 cm³/mol. The van der Waals surface area contributed by atoms with E-state index in [9.17, 15) is 9.59 Å². The summed E-state index contributed by atoms with van der Waals surface area (Å²) in [6, 6.07) is -1.90. The topological polar surface area (TPSA) is 108 Å². The molecule has 0 aromatic rings. The van der Waals surface area contributed by atoms with Crippen molar-refractivity contribution in [1.29, 1.82) is 0 Å². The summed E-state index contributed by atoms with van der Waals surface area (Å²) >= 11 is 0. The normalized spacial score (nSPS) is 26.0. The van der Waals surface area contributed by atoms with Crippen LogP contribution in [0.3, 0.4) is 0 Å². The Morgan fingerprint density at radius 3 is 2.71 bits per heavy atom. The van der Waals surface area contributed by atoms with Gasteiger partial charge in [-0.25, -0.2) is 9.59 Å². The van der Waals surface area contributed by atoms with Crippen molar-refractivity contribution in [1.82, 2.24) is 10.6 Å². The highest BCUT2D eigenvalue weighted by Crippen LogP contribution is 2.17. The maximum atomic E-state index is 11.5. The molecule has 0 aromatic carbocycles. The van der Waals surface area contributed by atoms with E-state index >= 15 is 0 Å². The van der Waals surface area contributed by atoms with E-state index in [1.54, 1.807) is 0 Å². The van der Waals surface area contributed by atoms with E-state index in [-0.39, 0.29) is 0 Å². The Labute approximate surface area is 99.1 Å². The van der Waals surface area contributed by atoms with Gasteiger partial charge in [0.1, 0.15) is 0 Å². The third kappa shape index (κ3) is 4.20. The van der Waals surface area contributed by atoms with Gasteiger partial charge in [0.15, 0.2) is 6.04 Å². The molecule has 98 valence electrons. The second kappa shape index (κ2) is 5.83. The maximum absolute atomic E-state index is 11.5. The number of hydrogen-bond donors (Lipinski definition) is 4. The molecule has 0 radical (unpaired) electrons. The summed E-state index contributed by atoms with van der Waals surface area (Å²) in [5, 5.41) is 22.3. The fourth-order valence-electron chi connectivity index (χ4n) is 1.69. The molecule has 7 nitrogen and oxygen atoms in total. The average molecular weight is 246 g/mol. The molecule has 1 saturated heterocycles. The average Bonchev–Trinajstić information content (AvgIpc) is 2.25. The second-order valence-electron chi connectivity index (χ2n) is 4.39. The number of carbonyl (C=O) groups is 2. The molecule has 0 saturated carbocycles. The zero-order valence-electron chi connectivity index (χ0n) is 9.73. The van der Waals surface area contributed by atoms with Crippen molar-refractivity contribution in [2.45, 2.75) is 31.3 Å². The number of aliphatic hydroxyl groups excluding tert-OH is 1. The second-order valence-corrected chi connectivity index (χ2v) is 4.39. The lowest BCUT2D eigenvalue weighted by Crippen LogP contribution is -2.57. The molecular weight excluding hydrogens is 228 g/mol. The third-order valence-electron chi connectivity index (χ3n) is 2.64. The standard InChI is InChI=1S/C10H18N2O5/c1-10(3-2-4-17-6-10)12-9(16)11-7(5-13)8(14)15/h7,13H,2-6H2,1H3,(H,14,15)(H2,11,12,16)/t7-,10?/m0/s1. The van der Waals surface area contributed by atoms with Gasteiger partial charge in [0.2, 0.25) is 0 Å². The van der Waals surface area contributed by atoms with Crippen LogP contribution in [0.2, 0.25) is 0 Å². The zero-order valence-corrected chi connectivity index (χ0v) is 9.73. The van der Waals surface area contributed by atoms with Crippen LogP contribution in [-0.2, 0) is 9.53 Å². The number of rotatable bonds is 4. The van der Waals surface area contributed by atoms with Gasteiger partial charge in [-0.2, -0.15) is 0 Å². The molecule has 0 aliphatic carbocycles. The summed E-state index contributed by atoms with van der Waals surface area (Å²) in [6.07, 6.45) is 1.62. The van der Waals surface area contributed by atoms with E-state index < -0.39 is 30.2 Å². The van der Waals surface area contributed by atoms with Crippen LogP contribution in [0.25, 0.3) is 0 Å². The summed E-state index contributed by atoms with van der Waals surface area (Å²) < 4.78 is 5.26. The van der Waals surface area contributed by atoms with E-state index in [1.807, 2.05) is 6.92 Å². The van der Waals surface area contributed by atoms with Gasteiger partial charge in [-0.15, -0.1) is 0 Å². The Morgan fingerprint density at radius 2 is 2.24 bits per heavy atom. The molecule has 0 spiro atoms. The number of nitrogens with one attached hydrogen (secondary N) is 2. The minimum atomic E-state index is -1.29. The number of aliphatic hydroxyl groups is 1. The van der Waals surface area contributed by atoms with Crippen LogP contribution >= 0.6 is 0 Å². The molecule has 2 atom stereocenters. The number of carbonyl (C=O) groups excluding carboxylic acids is 1. The van der Waals surface area contributed by atoms with Crippen LogP contribution in [0.15, 0.2) is 0 Å². The van der Waals surface area contributed by atoms with Gasteiger partial charge >= 0.3 is 12.0 Å². The Balaban J connectivity index is 2.45. The number of urea groups is 1. The van der Waals surface area contributed by atoms with E-state index in [0.717, 1.165) is 12.8 Å². The quantitative estimate of drug-likeness (QED) is 0.524. The molecule has 1 aliphatic rings. The number of amides is 2. The molecule has 0 aromatic heterocycles. The fourth-order valence-corrected chi connectivity index (χ4v) is 1.69. The predicted octanol–water partition coefficient (Wildman–Crippen LogP) is -0.700. The lowest BCUT2D eigenvalue weighted by Gasteiger charge is -2.34. The molecule has 1 rings (SSSR count). The number of hydrogen-bond acceptors (Lipinski definition) is 4. The molecule has 7 heteroatoms. The summed E-state index contributed by atoms with van der Waals surface area (Å²) in [4.78, 5) is 22.1. The molecule has 1 aliphatic heterocycles. The lowest BCUT2D eigenvalue weighted by atomic mass is 9.95. The molecule has 1 unspecified atom stereocenters. The van der Waals surface area contributed by atoms with Gasteiger partial charge in [-0.05, 0) is 19.8 Å². The van der Waals surface area contributed by atoms with E-state index in [2.05, 4.69) is 10.6 Å². The van der Waals surface area contributed by atoms with Crippen LogP contribution in [0, 0.1) is 0 Å². The maximum Gasteiger partial charge on any atom is 0.328 e. The molecular formula is C10H18N2O5. The summed E-state index contributed by atoms with van der Waals surface area (Å²) in [6.45, 7) is 2.26. The number of ether oxygens (including phenoxy) is 1. The van der Waals surface area contributed by atoms with Crippen LogP contribution in [0.4, 0.5) is 4.79 Å². The van der Waals surface area contributed by atoms with Crippen LogP contribution in [-0.4, -0.2) is 53.6 Å². The smallest absolute Gasteiger partial charge is 0.328 e. The first kappa shape index (κ1) is 13.7. The summed E-state index contributed by atoms with van der Waals surface area (Å²) in [7, 11) is 0. The minimum Gasteiger partial charge on any atom is -0.480 e. The van der Waals surface area contributed by atoms with Gasteiger partial charge in [-0.1, -0.05) is 0 Å². The largest absolute Gasteiger partial charge is 0.480 e. The van der Waals surface area contributed by atoms with Gasteiger partial charge in [0, 0.05) is 6.61 Å². The van der Waals surface area contributed by atoms with Gasteiger partial charge < -0.3 is 25.6 Å². The van der Waals surface area contributed by atoms with Gasteiger partial charge in [0.25, 0.3) is 0 Å². The van der Waals surface area contributed by atoms with Crippen molar-refractivity contribution in [2.24, 2.45) is 0 Å². The van der Waals surface area contributed by atoms with Crippen LogP contribution in [0.5, 0.6) is 0 Å². The Kier molecular flexibility index (Phi) is 4.71. The monoisotopic (exact) mass is 246 g/mol. The van der Waals surface area contributed by atoms with Crippen molar-refractivity contribution in [3.63, 3.8) is 0 Å². The Hall–Kier alpha value is -1.34. The number of carboxylic acid groups (broad SMARTS) is 1. The summed E-state index contributed by atoms with van der Waals surface area (Å²) in [5.41, 5.74) is -0.485. The van der Waals surface area contributed by atoms with Crippen molar-refractivity contribution in [3.05, 3.63) is 0 Å². The first-order valence-electron chi connectivity index (χ1n) is 5.47. The highest BCUT2D eigenvalue weighted by atomic mass is 16.5. The third-order valence-corrected chi connectivity index (χ3v) is 2.64. The van der Waals surface area contributed by atoms with Crippen LogP contribution < -0.4 is 10.6 Å². The van der Waals surface area contributed by atoms with Crippen LogP contribution in [0.1, 0.15) is 19.8 Å². The zero-order chi connectivity index (χ0) is 12.9. The molecule has 4 N–H and O–H groups in total. The molecule has 2 amide bonds. The lowest BCUT2D eigenvalue weighted by molar-refractivity contribution is -0.140. The van der Waals surface area contributed by atoms with Crippen molar-refractivity contribution < 1.29 is 24.5 Å². The van der Waals surface area contributed by atoms with E-state index in [4.69, 9.17) is 14.9 Å². The first-order valence-corrected chi connectivity index (χ1v) is 5.47. The fraction of sp³-hybridized carbons (Fsp3) is 0.800. The first-order chi connectivity index (χ1) is 7.97. The SMILES string of the molecule is CC1(NC(=O)N[C@@H](CO)C(=O)O)CCCOC1. The number of aliphatic carboxylic acids is 1. The highest BCUT2D eigenvalue weighted by Gasteiger charge is 2.30. The van der Waals surface area contributed by atoms with Crippen molar-refractivity contribution in [3.8, 4) is 0 Å². The molecule has 17 heavy (non-hydrogen) atoms. The Bertz CT molecular complexity index is 288. The molecule has 1 heterocycles. The highest BCUT2D eigenvalue weighted by molar-refractivity contribution is 5.82. The van der Waals surface area contributed by atoms with Gasteiger partial charge in [0.05, 0.1) is 18.8 Å². The minimum absolute atomic E-state index is 0.400. The Morgan fingerprint density at radius 1 is 1.53 bits per heavy atom. The number of carboxylic acids is 1. The van der Waals surface area contributed by atoms with Crippen molar-refractivity contribution >= 4 is 12.0 Å². The van der Waals surface area contributed by atoms with Gasteiger partial charge in [-0.3, -0.25) is 0 Å². The van der Waals surface area contributed by atoms with E-state index in [0.29, 0.717) is 13.2 Å². The molecule has 0 bridgehead atoms. The van der Waals surface area contributed by atoms with Crippen molar-refractivity contribution in [2.75, 3.05) is 19.8 Å².